The third-order valence-electron chi connectivity index (χ3n) is 2.03. The summed E-state index contributed by atoms with van der Waals surface area (Å²) in [6.45, 7) is 0.483. The number of hydrogen-bond acceptors (Lipinski definition) is 6. The summed E-state index contributed by atoms with van der Waals surface area (Å²) in [6.07, 6.45) is 0.534. The molecule has 0 bridgehead atoms. The Balaban J connectivity index is 2.03. The lowest BCUT2D eigenvalue weighted by molar-refractivity contribution is 0.176. The molecule has 0 aliphatic rings. The van der Waals surface area contributed by atoms with E-state index < -0.39 is 0 Å². The van der Waals surface area contributed by atoms with E-state index in [9.17, 15) is 0 Å². The highest BCUT2D eigenvalue weighted by atomic mass is 32.1. The van der Waals surface area contributed by atoms with Gasteiger partial charge in [0.1, 0.15) is 0 Å². The van der Waals surface area contributed by atoms with E-state index in [-0.39, 0.29) is 6.04 Å². The highest BCUT2D eigenvalue weighted by Gasteiger charge is 2.12. The number of nitrogens with zero attached hydrogens (tertiary/aromatic N) is 2. The van der Waals surface area contributed by atoms with Gasteiger partial charge in [-0.3, -0.25) is 0 Å². The van der Waals surface area contributed by atoms with Crippen LogP contribution in [0.5, 0.6) is 0 Å². The minimum Gasteiger partial charge on any atom is -0.383 e. The minimum absolute atomic E-state index is 0.110. The first-order valence-corrected chi connectivity index (χ1v) is 5.78. The Bertz CT molecular complexity index is 427. The fourth-order valence-corrected chi connectivity index (χ4v) is 1.99. The maximum absolute atomic E-state index is 5.79. The zero-order chi connectivity index (χ0) is 11.4. The molecule has 1 unspecified atom stereocenters. The largest absolute Gasteiger partial charge is 0.383 e. The molecule has 0 amide bonds. The summed E-state index contributed by atoms with van der Waals surface area (Å²) < 4.78 is 10.1. The van der Waals surface area contributed by atoms with Crippen LogP contribution >= 0.6 is 11.3 Å². The predicted octanol–water partition coefficient (Wildman–Crippen LogP) is 1.31. The Labute approximate surface area is 97.2 Å². The SMILES string of the molecule is COCC(N)Cc1nc(-c2cccs2)no1. The molecule has 0 aromatic carbocycles. The quantitative estimate of drug-likeness (QED) is 0.851. The average Bonchev–Trinajstić information content (AvgIpc) is 2.86. The zero-order valence-electron chi connectivity index (χ0n) is 8.92. The standard InChI is InChI=1S/C10H13N3O2S/c1-14-6-7(11)5-9-12-10(13-15-9)8-3-2-4-16-8/h2-4,7H,5-6,11H2,1H3. The van der Waals surface area contributed by atoms with Crippen molar-refractivity contribution < 1.29 is 9.26 Å². The second kappa shape index (κ2) is 5.20. The molecule has 2 aromatic heterocycles. The van der Waals surface area contributed by atoms with Crippen LogP contribution in [0.4, 0.5) is 0 Å². The van der Waals surface area contributed by atoms with Gasteiger partial charge in [-0.05, 0) is 11.4 Å². The molecule has 6 heteroatoms. The van der Waals surface area contributed by atoms with Crippen LogP contribution < -0.4 is 5.73 Å². The monoisotopic (exact) mass is 239 g/mol. The molecule has 0 saturated heterocycles. The van der Waals surface area contributed by atoms with Crippen LogP contribution in [-0.4, -0.2) is 29.9 Å². The first-order valence-electron chi connectivity index (χ1n) is 4.90. The van der Waals surface area contributed by atoms with Crippen LogP contribution in [-0.2, 0) is 11.2 Å². The summed E-state index contributed by atoms with van der Waals surface area (Å²) in [5.74, 6) is 1.17. The van der Waals surface area contributed by atoms with Gasteiger partial charge in [0.15, 0.2) is 0 Å². The van der Waals surface area contributed by atoms with Gasteiger partial charge in [-0.1, -0.05) is 11.2 Å². The van der Waals surface area contributed by atoms with E-state index in [2.05, 4.69) is 10.1 Å². The molecule has 2 rings (SSSR count). The number of nitrogens with two attached hydrogens (primary N) is 1. The van der Waals surface area contributed by atoms with Gasteiger partial charge < -0.3 is 15.0 Å². The van der Waals surface area contributed by atoms with Gasteiger partial charge in [-0.2, -0.15) is 4.98 Å². The van der Waals surface area contributed by atoms with Crippen molar-refractivity contribution in [2.45, 2.75) is 12.5 Å². The van der Waals surface area contributed by atoms with E-state index in [1.54, 1.807) is 18.4 Å². The molecular formula is C10H13N3O2S. The molecule has 1 atom stereocenters. The summed E-state index contributed by atoms with van der Waals surface area (Å²) >= 11 is 1.58. The van der Waals surface area contributed by atoms with Gasteiger partial charge in [0, 0.05) is 19.6 Å². The maximum atomic E-state index is 5.79. The normalized spacial score (nSPS) is 12.9. The van der Waals surface area contributed by atoms with Crippen molar-refractivity contribution >= 4 is 11.3 Å². The summed E-state index contributed by atoms with van der Waals surface area (Å²) in [6, 6.07) is 3.79. The first-order chi connectivity index (χ1) is 7.79. The van der Waals surface area contributed by atoms with Gasteiger partial charge >= 0.3 is 0 Å². The molecular weight excluding hydrogens is 226 g/mol. The lowest BCUT2D eigenvalue weighted by Gasteiger charge is -2.05. The molecule has 5 nitrogen and oxygen atoms in total. The van der Waals surface area contributed by atoms with Crippen molar-refractivity contribution in [1.82, 2.24) is 10.1 Å². The maximum Gasteiger partial charge on any atom is 0.228 e. The zero-order valence-corrected chi connectivity index (χ0v) is 9.74. The highest BCUT2D eigenvalue weighted by Crippen LogP contribution is 2.21. The molecule has 0 saturated carbocycles. The van der Waals surface area contributed by atoms with E-state index in [1.807, 2.05) is 17.5 Å². The van der Waals surface area contributed by atoms with Gasteiger partial charge in [0.25, 0.3) is 0 Å². The molecule has 2 heterocycles. The van der Waals surface area contributed by atoms with Crippen molar-refractivity contribution in [2.75, 3.05) is 13.7 Å². The third kappa shape index (κ3) is 2.66. The Hall–Kier alpha value is -1.24. The third-order valence-corrected chi connectivity index (χ3v) is 2.89. The fourth-order valence-electron chi connectivity index (χ4n) is 1.34. The number of thiophene rings is 1. The second-order valence-corrected chi connectivity index (χ2v) is 4.36. The fraction of sp³-hybridized carbons (Fsp3) is 0.400. The van der Waals surface area contributed by atoms with Gasteiger partial charge in [-0.25, -0.2) is 0 Å². The summed E-state index contributed by atoms with van der Waals surface area (Å²) in [4.78, 5) is 5.27. The number of methoxy groups -OCH3 is 1. The van der Waals surface area contributed by atoms with Crippen molar-refractivity contribution in [1.29, 1.82) is 0 Å². The first kappa shape index (κ1) is 11.3. The summed E-state index contributed by atoms with van der Waals surface area (Å²) in [7, 11) is 1.62. The van der Waals surface area contributed by atoms with E-state index in [1.165, 1.54) is 0 Å². The average molecular weight is 239 g/mol. The van der Waals surface area contributed by atoms with Crippen LogP contribution in [0.3, 0.4) is 0 Å². The Morgan fingerprint density at radius 3 is 3.19 bits per heavy atom. The van der Waals surface area contributed by atoms with Crippen LogP contribution in [0, 0.1) is 0 Å². The molecule has 0 aliphatic carbocycles. The van der Waals surface area contributed by atoms with Crippen molar-refractivity contribution in [2.24, 2.45) is 5.73 Å². The van der Waals surface area contributed by atoms with E-state index >= 15 is 0 Å². The minimum atomic E-state index is -0.110. The Kier molecular flexibility index (Phi) is 3.66. The topological polar surface area (TPSA) is 74.2 Å². The molecule has 86 valence electrons. The predicted molar refractivity (Wildman–Crippen MR) is 61.2 cm³/mol. The second-order valence-electron chi connectivity index (χ2n) is 3.41. The molecule has 0 fully saturated rings. The van der Waals surface area contributed by atoms with Gasteiger partial charge in [0.2, 0.25) is 11.7 Å². The smallest absolute Gasteiger partial charge is 0.228 e. The van der Waals surface area contributed by atoms with Crippen LogP contribution in [0.2, 0.25) is 0 Å². The van der Waals surface area contributed by atoms with Crippen LogP contribution in [0.25, 0.3) is 10.7 Å². The molecule has 2 aromatic rings. The van der Waals surface area contributed by atoms with Crippen LogP contribution in [0.15, 0.2) is 22.0 Å². The molecule has 0 spiro atoms. The van der Waals surface area contributed by atoms with E-state index in [0.29, 0.717) is 24.7 Å². The van der Waals surface area contributed by atoms with E-state index in [0.717, 1.165) is 4.88 Å². The number of hydrogen-bond donors (Lipinski definition) is 1. The lowest BCUT2D eigenvalue weighted by Crippen LogP contribution is -2.28. The van der Waals surface area contributed by atoms with Gasteiger partial charge in [-0.15, -0.1) is 11.3 Å². The molecule has 0 radical (unpaired) electrons. The number of aromatic nitrogens is 2. The molecule has 0 aliphatic heterocycles. The molecule has 2 N–H and O–H groups in total. The van der Waals surface area contributed by atoms with E-state index in [4.69, 9.17) is 15.0 Å². The lowest BCUT2D eigenvalue weighted by atomic mass is 10.2. The van der Waals surface area contributed by atoms with Crippen molar-refractivity contribution in [3.63, 3.8) is 0 Å². The van der Waals surface area contributed by atoms with Crippen molar-refractivity contribution in [3.05, 3.63) is 23.4 Å². The summed E-state index contributed by atoms with van der Waals surface area (Å²) in [5, 5.41) is 5.87. The Morgan fingerprint density at radius 2 is 2.50 bits per heavy atom. The van der Waals surface area contributed by atoms with Crippen LogP contribution in [0.1, 0.15) is 5.89 Å². The Morgan fingerprint density at radius 1 is 1.62 bits per heavy atom. The summed E-state index contributed by atoms with van der Waals surface area (Å²) in [5.41, 5.74) is 5.79. The highest BCUT2D eigenvalue weighted by molar-refractivity contribution is 7.13. The number of rotatable bonds is 5. The van der Waals surface area contributed by atoms with Crippen molar-refractivity contribution in [3.8, 4) is 10.7 Å². The number of ether oxygens (including phenoxy) is 1. The van der Waals surface area contributed by atoms with Gasteiger partial charge in [0.05, 0.1) is 11.5 Å². The molecule has 16 heavy (non-hydrogen) atoms.